The van der Waals surface area contributed by atoms with Crippen molar-refractivity contribution in [1.82, 2.24) is 14.7 Å². The first-order valence-electron chi connectivity index (χ1n) is 6.74. The van der Waals surface area contributed by atoms with Gasteiger partial charge in [0, 0.05) is 25.9 Å². The summed E-state index contributed by atoms with van der Waals surface area (Å²) in [5.41, 5.74) is 1.28. The summed E-state index contributed by atoms with van der Waals surface area (Å²) in [7, 11) is 2.02. The number of fused-ring (bicyclic) bond motifs is 1. The molecule has 0 aliphatic carbocycles. The highest BCUT2D eigenvalue weighted by Crippen LogP contribution is 2.34. The molecular weight excluding hydrogens is 238 g/mol. The van der Waals surface area contributed by atoms with Crippen molar-refractivity contribution in [2.75, 3.05) is 20.1 Å². The molecule has 2 aliphatic heterocycles. The average Bonchev–Trinajstić information content (AvgIpc) is 2.84. The molecule has 2 unspecified atom stereocenters. The van der Waals surface area contributed by atoms with Crippen molar-refractivity contribution in [3.63, 3.8) is 0 Å². The van der Waals surface area contributed by atoms with E-state index in [1.54, 1.807) is 6.08 Å². The molecule has 1 fully saturated rings. The van der Waals surface area contributed by atoms with Crippen molar-refractivity contribution < 1.29 is 4.79 Å². The fourth-order valence-electron chi connectivity index (χ4n) is 3.09. The van der Waals surface area contributed by atoms with Crippen molar-refractivity contribution in [3.8, 4) is 0 Å². The molecule has 2 atom stereocenters. The second kappa shape index (κ2) is 4.70. The first-order valence-corrected chi connectivity index (χ1v) is 6.74. The highest BCUT2D eigenvalue weighted by Gasteiger charge is 2.44. The maximum atomic E-state index is 12.0. The molecule has 100 valence electrons. The number of hydrogen-bond donors (Lipinski definition) is 0. The Morgan fingerprint density at radius 1 is 1.26 bits per heavy atom. The molecule has 19 heavy (non-hydrogen) atoms. The van der Waals surface area contributed by atoms with Crippen molar-refractivity contribution in [3.05, 3.63) is 48.2 Å². The summed E-state index contributed by atoms with van der Waals surface area (Å²) in [6, 6.07) is 10.7. The SMILES string of the molecule is CCN1C(c2ccccc2)CN2C(=O)C=CN(C)C21. The molecule has 1 aromatic carbocycles. The van der Waals surface area contributed by atoms with Crippen LogP contribution in [-0.4, -0.2) is 47.0 Å². The van der Waals surface area contributed by atoms with E-state index >= 15 is 0 Å². The van der Waals surface area contributed by atoms with Gasteiger partial charge >= 0.3 is 0 Å². The number of amides is 1. The zero-order valence-corrected chi connectivity index (χ0v) is 11.4. The Kier molecular flexibility index (Phi) is 3.03. The Bertz CT molecular complexity index is 499. The van der Waals surface area contributed by atoms with Crippen molar-refractivity contribution >= 4 is 5.91 Å². The predicted octanol–water partition coefficient (Wildman–Crippen LogP) is 1.63. The maximum Gasteiger partial charge on any atom is 0.250 e. The van der Waals surface area contributed by atoms with Crippen LogP contribution in [0.1, 0.15) is 18.5 Å². The van der Waals surface area contributed by atoms with Gasteiger partial charge in [-0.1, -0.05) is 37.3 Å². The van der Waals surface area contributed by atoms with Gasteiger partial charge in [-0.15, -0.1) is 0 Å². The van der Waals surface area contributed by atoms with Gasteiger partial charge in [0.05, 0.1) is 6.04 Å². The van der Waals surface area contributed by atoms with Gasteiger partial charge in [0.25, 0.3) is 5.91 Å². The molecule has 0 spiro atoms. The fourth-order valence-corrected chi connectivity index (χ4v) is 3.09. The van der Waals surface area contributed by atoms with Crippen LogP contribution in [0.4, 0.5) is 0 Å². The van der Waals surface area contributed by atoms with E-state index in [9.17, 15) is 4.79 Å². The van der Waals surface area contributed by atoms with Crippen LogP contribution >= 0.6 is 0 Å². The number of nitrogens with zero attached hydrogens (tertiary/aromatic N) is 3. The Hall–Kier alpha value is -1.81. The van der Waals surface area contributed by atoms with E-state index in [4.69, 9.17) is 0 Å². The molecule has 3 rings (SSSR count). The Morgan fingerprint density at radius 3 is 2.68 bits per heavy atom. The summed E-state index contributed by atoms with van der Waals surface area (Å²) in [6.07, 6.45) is 3.57. The Balaban J connectivity index is 1.95. The van der Waals surface area contributed by atoms with Crippen LogP contribution in [0, 0.1) is 0 Å². The molecule has 4 heteroatoms. The standard InChI is InChI=1S/C15H19N3O/c1-3-17-13(12-7-5-4-6-8-12)11-18-14(19)9-10-16(2)15(17)18/h4-10,13,15H,3,11H2,1-2H3. The third-order valence-corrected chi connectivity index (χ3v) is 3.99. The Labute approximate surface area is 113 Å². The number of carbonyl (C=O) groups excluding carboxylic acids is 1. The van der Waals surface area contributed by atoms with E-state index in [-0.39, 0.29) is 18.2 Å². The van der Waals surface area contributed by atoms with Gasteiger partial charge in [0.15, 0.2) is 6.29 Å². The molecule has 2 heterocycles. The summed E-state index contributed by atoms with van der Waals surface area (Å²) in [6.45, 7) is 3.83. The molecule has 2 aliphatic rings. The summed E-state index contributed by atoms with van der Waals surface area (Å²) in [5.74, 6) is 0.111. The van der Waals surface area contributed by atoms with Crippen molar-refractivity contribution in [2.24, 2.45) is 0 Å². The molecule has 0 N–H and O–H groups in total. The van der Waals surface area contributed by atoms with E-state index in [1.165, 1.54) is 5.56 Å². The van der Waals surface area contributed by atoms with Gasteiger partial charge < -0.3 is 9.80 Å². The molecule has 0 saturated carbocycles. The zero-order chi connectivity index (χ0) is 13.4. The lowest BCUT2D eigenvalue weighted by molar-refractivity contribution is -0.134. The second-order valence-electron chi connectivity index (χ2n) is 5.08. The summed E-state index contributed by atoms with van der Waals surface area (Å²) in [5, 5.41) is 0. The van der Waals surface area contributed by atoms with Crippen LogP contribution in [0.5, 0.6) is 0 Å². The molecule has 0 radical (unpaired) electrons. The van der Waals surface area contributed by atoms with Gasteiger partial charge in [-0.25, -0.2) is 0 Å². The van der Waals surface area contributed by atoms with E-state index < -0.39 is 0 Å². The van der Waals surface area contributed by atoms with E-state index in [0.29, 0.717) is 0 Å². The normalized spacial score (nSPS) is 26.9. The molecule has 0 bridgehead atoms. The third kappa shape index (κ3) is 1.92. The van der Waals surface area contributed by atoms with Crippen LogP contribution < -0.4 is 0 Å². The van der Waals surface area contributed by atoms with Crippen LogP contribution in [0.15, 0.2) is 42.6 Å². The number of hydrogen-bond acceptors (Lipinski definition) is 3. The second-order valence-corrected chi connectivity index (χ2v) is 5.08. The van der Waals surface area contributed by atoms with Crippen molar-refractivity contribution in [2.45, 2.75) is 19.3 Å². The molecule has 1 aromatic rings. The van der Waals surface area contributed by atoms with Gasteiger partial charge in [0.1, 0.15) is 0 Å². The van der Waals surface area contributed by atoms with Crippen LogP contribution in [0.25, 0.3) is 0 Å². The maximum absolute atomic E-state index is 12.0. The van der Waals surface area contributed by atoms with E-state index in [0.717, 1.165) is 13.1 Å². The summed E-state index contributed by atoms with van der Waals surface area (Å²) >= 11 is 0. The lowest BCUT2D eigenvalue weighted by Crippen LogP contribution is -2.52. The smallest absolute Gasteiger partial charge is 0.250 e. The van der Waals surface area contributed by atoms with Gasteiger partial charge in [-0.3, -0.25) is 9.69 Å². The first-order chi connectivity index (χ1) is 9.22. The van der Waals surface area contributed by atoms with Gasteiger partial charge in [-0.05, 0) is 12.1 Å². The summed E-state index contributed by atoms with van der Waals surface area (Å²) < 4.78 is 0. The molecule has 1 saturated heterocycles. The van der Waals surface area contributed by atoms with Gasteiger partial charge in [0.2, 0.25) is 0 Å². The van der Waals surface area contributed by atoms with E-state index in [1.807, 2.05) is 24.2 Å². The van der Waals surface area contributed by atoms with E-state index in [2.05, 4.69) is 41.0 Å². The highest BCUT2D eigenvalue weighted by molar-refractivity contribution is 5.88. The number of rotatable bonds is 2. The number of likely N-dealkylation sites (N-methyl/N-ethyl adjacent to an activating group) is 1. The topological polar surface area (TPSA) is 26.8 Å². The zero-order valence-electron chi connectivity index (χ0n) is 11.4. The number of carbonyl (C=O) groups is 1. The fraction of sp³-hybridized carbons (Fsp3) is 0.400. The largest absolute Gasteiger partial charge is 0.348 e. The number of benzene rings is 1. The lowest BCUT2D eigenvalue weighted by atomic mass is 10.1. The van der Waals surface area contributed by atoms with Crippen LogP contribution in [-0.2, 0) is 4.79 Å². The summed E-state index contributed by atoms with van der Waals surface area (Å²) in [4.78, 5) is 18.5. The molecule has 4 nitrogen and oxygen atoms in total. The molecule has 0 aromatic heterocycles. The first kappa shape index (κ1) is 12.2. The minimum atomic E-state index is 0.0488. The average molecular weight is 257 g/mol. The minimum absolute atomic E-state index is 0.0488. The monoisotopic (exact) mass is 257 g/mol. The quantitative estimate of drug-likeness (QED) is 0.806. The lowest BCUT2D eigenvalue weighted by Gasteiger charge is -2.38. The van der Waals surface area contributed by atoms with Crippen LogP contribution in [0.2, 0.25) is 0 Å². The highest BCUT2D eigenvalue weighted by atomic mass is 16.2. The predicted molar refractivity (Wildman–Crippen MR) is 74.0 cm³/mol. The molecular formula is C15H19N3O. The molecule has 1 amide bonds. The third-order valence-electron chi connectivity index (χ3n) is 3.99. The van der Waals surface area contributed by atoms with Gasteiger partial charge in [-0.2, -0.15) is 0 Å². The minimum Gasteiger partial charge on any atom is -0.348 e. The van der Waals surface area contributed by atoms with Crippen molar-refractivity contribution in [1.29, 1.82) is 0 Å². The van der Waals surface area contributed by atoms with Crippen LogP contribution in [0.3, 0.4) is 0 Å². The Morgan fingerprint density at radius 2 is 2.00 bits per heavy atom.